The molecule has 10 heteroatoms. The molecule has 0 bridgehead atoms. The third kappa shape index (κ3) is 4.85. The van der Waals surface area contributed by atoms with E-state index in [0.29, 0.717) is 34.8 Å². The molecule has 3 aromatic rings. The van der Waals surface area contributed by atoms with Crippen LogP contribution in [0.2, 0.25) is 5.02 Å². The summed E-state index contributed by atoms with van der Waals surface area (Å²) >= 11 is 6.13. The standard InChI is InChI=1S/C22H23ClN4O4S/c1-15-9-10-16(20-25-21(31-26-20)22(28)27-11-5-2-6-12-27)13-19(15)32(29,30)24-14-17-7-3-4-8-18(17)23/h3-4,7-10,13,24H,2,5-6,11-12,14H2,1H3. The fourth-order valence-corrected chi connectivity index (χ4v) is 5.06. The zero-order valence-corrected chi connectivity index (χ0v) is 19.1. The summed E-state index contributed by atoms with van der Waals surface area (Å²) < 4.78 is 33.7. The summed E-state index contributed by atoms with van der Waals surface area (Å²) in [6.45, 7) is 3.10. The Morgan fingerprint density at radius 1 is 1.16 bits per heavy atom. The highest BCUT2D eigenvalue weighted by atomic mass is 35.5. The highest BCUT2D eigenvalue weighted by Gasteiger charge is 2.25. The number of nitrogens with one attached hydrogen (secondary N) is 1. The highest BCUT2D eigenvalue weighted by Crippen LogP contribution is 2.24. The van der Waals surface area contributed by atoms with Crippen LogP contribution in [-0.2, 0) is 16.6 Å². The summed E-state index contributed by atoms with van der Waals surface area (Å²) in [5.41, 5.74) is 1.68. The molecule has 1 fully saturated rings. The predicted octanol–water partition coefficient (Wildman–Crippen LogP) is 3.80. The number of hydrogen-bond acceptors (Lipinski definition) is 6. The van der Waals surface area contributed by atoms with Gasteiger partial charge in [0.2, 0.25) is 15.8 Å². The van der Waals surface area contributed by atoms with Crippen LogP contribution in [0.15, 0.2) is 51.9 Å². The summed E-state index contributed by atoms with van der Waals surface area (Å²) in [4.78, 5) is 18.6. The molecule has 1 N–H and O–H groups in total. The number of benzene rings is 2. The van der Waals surface area contributed by atoms with Crippen LogP contribution >= 0.6 is 11.6 Å². The van der Waals surface area contributed by atoms with Crippen LogP contribution < -0.4 is 4.72 Å². The van der Waals surface area contributed by atoms with Crippen molar-refractivity contribution in [3.05, 3.63) is 64.5 Å². The Labute approximate surface area is 191 Å². The maximum absolute atomic E-state index is 13.0. The Bertz CT molecular complexity index is 1240. The predicted molar refractivity (Wildman–Crippen MR) is 120 cm³/mol. The van der Waals surface area contributed by atoms with E-state index in [1.807, 2.05) is 0 Å². The Balaban J connectivity index is 1.55. The van der Waals surface area contributed by atoms with Gasteiger partial charge in [-0.1, -0.05) is 47.1 Å². The minimum Gasteiger partial charge on any atom is -0.334 e. The average Bonchev–Trinajstić information content (AvgIpc) is 3.29. The van der Waals surface area contributed by atoms with Gasteiger partial charge in [-0.25, -0.2) is 13.1 Å². The molecule has 0 saturated carbocycles. The van der Waals surface area contributed by atoms with Crippen molar-refractivity contribution in [3.63, 3.8) is 0 Å². The molecule has 0 unspecified atom stereocenters. The summed E-state index contributed by atoms with van der Waals surface area (Å²) in [5, 5.41) is 4.38. The first-order valence-corrected chi connectivity index (χ1v) is 12.2. The molecule has 32 heavy (non-hydrogen) atoms. The van der Waals surface area contributed by atoms with E-state index in [2.05, 4.69) is 14.9 Å². The first-order valence-electron chi connectivity index (χ1n) is 10.3. The summed E-state index contributed by atoms with van der Waals surface area (Å²) in [6, 6.07) is 11.9. The first-order chi connectivity index (χ1) is 15.3. The second kappa shape index (κ2) is 9.40. The SMILES string of the molecule is Cc1ccc(-c2noc(C(=O)N3CCCCC3)n2)cc1S(=O)(=O)NCc1ccccc1Cl. The van der Waals surface area contributed by atoms with Crippen molar-refractivity contribution >= 4 is 27.5 Å². The Hall–Kier alpha value is -2.75. The van der Waals surface area contributed by atoms with Crippen molar-refractivity contribution in [3.8, 4) is 11.4 Å². The number of aromatic nitrogens is 2. The fraction of sp³-hybridized carbons (Fsp3) is 0.318. The van der Waals surface area contributed by atoms with Crippen molar-refractivity contribution in [2.45, 2.75) is 37.6 Å². The number of hydrogen-bond donors (Lipinski definition) is 1. The fourth-order valence-electron chi connectivity index (χ4n) is 3.58. The zero-order chi connectivity index (χ0) is 22.7. The first kappa shape index (κ1) is 22.4. The number of halogens is 1. The number of likely N-dealkylation sites (tertiary alicyclic amines) is 1. The van der Waals surface area contributed by atoms with Crippen LogP contribution in [0, 0.1) is 6.92 Å². The normalized spacial score (nSPS) is 14.5. The van der Waals surface area contributed by atoms with Crippen molar-refractivity contribution in [2.75, 3.05) is 13.1 Å². The number of carbonyl (C=O) groups excluding carboxylic acids is 1. The number of nitrogens with zero attached hydrogens (tertiary/aromatic N) is 3. The molecule has 0 spiro atoms. The van der Waals surface area contributed by atoms with Crippen molar-refractivity contribution < 1.29 is 17.7 Å². The summed E-state index contributed by atoms with van der Waals surface area (Å²) in [5.74, 6) is -0.235. The minimum atomic E-state index is -3.83. The Morgan fingerprint density at radius 2 is 1.91 bits per heavy atom. The molecule has 0 aliphatic carbocycles. The van der Waals surface area contributed by atoms with E-state index in [-0.39, 0.29) is 29.1 Å². The van der Waals surface area contributed by atoms with Gasteiger partial charge in [-0.15, -0.1) is 0 Å². The van der Waals surface area contributed by atoms with Crippen LogP contribution in [0.1, 0.15) is 41.1 Å². The van der Waals surface area contributed by atoms with Gasteiger partial charge in [0, 0.05) is 30.2 Å². The van der Waals surface area contributed by atoms with E-state index in [4.69, 9.17) is 16.1 Å². The molecule has 1 amide bonds. The topological polar surface area (TPSA) is 105 Å². The van der Waals surface area contributed by atoms with Gasteiger partial charge in [-0.2, -0.15) is 4.98 Å². The highest BCUT2D eigenvalue weighted by molar-refractivity contribution is 7.89. The van der Waals surface area contributed by atoms with Crippen LogP contribution in [0.3, 0.4) is 0 Å². The Morgan fingerprint density at radius 3 is 2.66 bits per heavy atom. The van der Waals surface area contributed by atoms with Gasteiger partial charge in [0.1, 0.15) is 0 Å². The molecule has 2 heterocycles. The van der Waals surface area contributed by atoms with Gasteiger partial charge in [0.05, 0.1) is 4.90 Å². The number of rotatable bonds is 6. The van der Waals surface area contributed by atoms with Crippen LogP contribution in [0.4, 0.5) is 0 Å². The number of piperidine rings is 1. The maximum Gasteiger partial charge on any atom is 0.316 e. The molecule has 0 radical (unpaired) electrons. The number of carbonyl (C=O) groups is 1. The van der Waals surface area contributed by atoms with Gasteiger partial charge >= 0.3 is 11.8 Å². The van der Waals surface area contributed by atoms with E-state index in [0.717, 1.165) is 19.3 Å². The van der Waals surface area contributed by atoms with E-state index >= 15 is 0 Å². The summed E-state index contributed by atoms with van der Waals surface area (Å²) in [7, 11) is -3.83. The average molecular weight is 475 g/mol. The number of sulfonamides is 1. The Kier molecular flexibility index (Phi) is 6.59. The third-order valence-electron chi connectivity index (χ3n) is 5.40. The van der Waals surface area contributed by atoms with Crippen LogP contribution in [-0.4, -0.2) is 42.5 Å². The van der Waals surface area contributed by atoms with Gasteiger partial charge in [0.15, 0.2) is 0 Å². The van der Waals surface area contributed by atoms with Crippen LogP contribution in [0.5, 0.6) is 0 Å². The van der Waals surface area contributed by atoms with Crippen molar-refractivity contribution in [2.24, 2.45) is 0 Å². The minimum absolute atomic E-state index is 0.0579. The van der Waals surface area contributed by atoms with Gasteiger partial charge in [-0.3, -0.25) is 4.79 Å². The van der Waals surface area contributed by atoms with Crippen molar-refractivity contribution in [1.29, 1.82) is 0 Å². The van der Waals surface area contributed by atoms with Gasteiger partial charge < -0.3 is 9.42 Å². The van der Waals surface area contributed by atoms with E-state index in [1.165, 1.54) is 6.07 Å². The number of aryl methyl sites for hydroxylation is 1. The van der Waals surface area contributed by atoms with Crippen LogP contribution in [0.25, 0.3) is 11.4 Å². The molecule has 4 rings (SSSR count). The molecular weight excluding hydrogens is 452 g/mol. The zero-order valence-electron chi connectivity index (χ0n) is 17.5. The van der Waals surface area contributed by atoms with E-state index in [1.54, 1.807) is 48.2 Å². The lowest BCUT2D eigenvalue weighted by Gasteiger charge is -2.24. The quantitative estimate of drug-likeness (QED) is 0.582. The van der Waals surface area contributed by atoms with E-state index in [9.17, 15) is 13.2 Å². The molecule has 0 atom stereocenters. The molecule has 1 aromatic heterocycles. The lowest BCUT2D eigenvalue weighted by Crippen LogP contribution is -2.35. The second-order valence-electron chi connectivity index (χ2n) is 7.67. The molecule has 1 aliphatic rings. The van der Waals surface area contributed by atoms with E-state index < -0.39 is 10.0 Å². The largest absolute Gasteiger partial charge is 0.334 e. The molecule has 1 saturated heterocycles. The smallest absolute Gasteiger partial charge is 0.316 e. The molecule has 2 aromatic carbocycles. The number of amides is 1. The van der Waals surface area contributed by atoms with Gasteiger partial charge in [0.25, 0.3) is 0 Å². The molecular formula is C22H23ClN4O4S. The monoisotopic (exact) mass is 474 g/mol. The van der Waals surface area contributed by atoms with Crippen molar-refractivity contribution in [1.82, 2.24) is 19.8 Å². The van der Waals surface area contributed by atoms with Gasteiger partial charge in [-0.05, 0) is 49.4 Å². The lowest BCUT2D eigenvalue weighted by molar-refractivity contribution is 0.0674. The molecule has 1 aliphatic heterocycles. The summed E-state index contributed by atoms with van der Waals surface area (Å²) in [6.07, 6.45) is 3.00. The lowest BCUT2D eigenvalue weighted by atomic mass is 10.1. The maximum atomic E-state index is 13.0. The third-order valence-corrected chi connectivity index (χ3v) is 7.31. The molecule has 168 valence electrons. The second-order valence-corrected chi connectivity index (χ2v) is 9.81. The molecule has 8 nitrogen and oxygen atoms in total.